The molecule has 1 saturated carbocycles. The third kappa shape index (κ3) is 4.28. The summed E-state index contributed by atoms with van der Waals surface area (Å²) in [4.78, 5) is 13.2. The third-order valence-corrected chi connectivity index (χ3v) is 7.87. The van der Waals surface area contributed by atoms with Gasteiger partial charge in [0.1, 0.15) is 0 Å². The molecule has 0 spiro atoms. The second kappa shape index (κ2) is 8.52. The molecule has 1 aliphatic heterocycles. The summed E-state index contributed by atoms with van der Waals surface area (Å²) < 4.78 is 78.1. The van der Waals surface area contributed by atoms with Gasteiger partial charge in [-0.15, -0.1) is 0 Å². The summed E-state index contributed by atoms with van der Waals surface area (Å²) in [6.07, 6.45) is -3.47. The number of fused-ring (bicyclic) bond motifs is 1. The summed E-state index contributed by atoms with van der Waals surface area (Å²) in [5.74, 6) is 0.811. The molecular formula is C25H23F3N2O5S. The van der Waals surface area contributed by atoms with E-state index in [1.807, 2.05) is 0 Å². The van der Waals surface area contributed by atoms with Gasteiger partial charge in [-0.2, -0.15) is 13.2 Å². The highest BCUT2D eigenvalue weighted by molar-refractivity contribution is 7.89. The van der Waals surface area contributed by atoms with Crippen molar-refractivity contribution >= 4 is 21.6 Å². The van der Waals surface area contributed by atoms with Crippen LogP contribution >= 0.6 is 0 Å². The fourth-order valence-corrected chi connectivity index (χ4v) is 4.99. The Kier molecular flexibility index (Phi) is 5.72. The Morgan fingerprint density at radius 1 is 0.972 bits per heavy atom. The highest BCUT2D eigenvalue weighted by Crippen LogP contribution is 2.51. The molecule has 1 fully saturated rings. The third-order valence-electron chi connectivity index (χ3n) is 6.44. The Morgan fingerprint density at radius 3 is 2.31 bits per heavy atom. The number of amides is 1. The van der Waals surface area contributed by atoms with Crippen molar-refractivity contribution in [2.75, 3.05) is 19.2 Å². The Balaban J connectivity index is 0.00000320. The van der Waals surface area contributed by atoms with E-state index in [0.29, 0.717) is 24.3 Å². The van der Waals surface area contributed by atoms with Crippen molar-refractivity contribution in [3.05, 3.63) is 71.8 Å². The van der Waals surface area contributed by atoms with Crippen LogP contribution in [0.2, 0.25) is 0 Å². The van der Waals surface area contributed by atoms with Gasteiger partial charge in [-0.1, -0.05) is 18.2 Å². The lowest BCUT2D eigenvalue weighted by Gasteiger charge is -2.19. The molecule has 0 atom stereocenters. The van der Waals surface area contributed by atoms with Crippen LogP contribution in [0.15, 0.2) is 65.6 Å². The highest BCUT2D eigenvalue weighted by atomic mass is 32.2. The molecular weight excluding hydrogens is 497 g/mol. The van der Waals surface area contributed by atoms with E-state index in [2.05, 4.69) is 10.0 Å². The van der Waals surface area contributed by atoms with Crippen molar-refractivity contribution in [2.24, 2.45) is 0 Å². The molecule has 0 saturated heterocycles. The molecule has 190 valence electrons. The molecule has 5 rings (SSSR count). The van der Waals surface area contributed by atoms with Gasteiger partial charge in [0.15, 0.2) is 11.5 Å². The number of carbonyl (C=O) groups is 1. The topological polar surface area (TPSA) is 93.7 Å². The Bertz CT molecular complexity index is 1460. The van der Waals surface area contributed by atoms with Crippen molar-refractivity contribution < 1.29 is 37.3 Å². The van der Waals surface area contributed by atoms with Crippen LogP contribution < -0.4 is 19.5 Å². The first-order chi connectivity index (χ1) is 17.0. The van der Waals surface area contributed by atoms with Crippen molar-refractivity contribution in [3.8, 4) is 22.6 Å². The zero-order chi connectivity index (χ0) is 25.7. The molecule has 0 radical (unpaired) electrons. The number of alkyl halides is 3. The first-order valence-electron chi connectivity index (χ1n) is 11.0. The number of hydrogen-bond acceptors (Lipinski definition) is 5. The molecule has 7 nitrogen and oxygen atoms in total. The second-order valence-electron chi connectivity index (χ2n) is 8.59. The number of anilines is 1. The van der Waals surface area contributed by atoms with Crippen LogP contribution in [0, 0.1) is 0 Å². The molecule has 0 unspecified atom stereocenters. The minimum absolute atomic E-state index is 0. The van der Waals surface area contributed by atoms with Gasteiger partial charge in [-0.05, 0) is 79.0 Å². The normalized spacial score (nSPS) is 16.0. The maximum absolute atomic E-state index is 13.8. The summed E-state index contributed by atoms with van der Waals surface area (Å²) in [5, 5.41) is 2.76. The Morgan fingerprint density at radius 2 is 1.67 bits per heavy atom. The van der Waals surface area contributed by atoms with Gasteiger partial charge in [0.05, 0.1) is 15.9 Å². The fourth-order valence-electron chi connectivity index (χ4n) is 4.26. The van der Waals surface area contributed by atoms with E-state index in [1.165, 1.54) is 43.4 Å². The summed E-state index contributed by atoms with van der Waals surface area (Å²) in [5.41, 5.74) is -0.777. The largest absolute Gasteiger partial charge is 0.454 e. The molecule has 36 heavy (non-hydrogen) atoms. The van der Waals surface area contributed by atoms with Gasteiger partial charge in [0.2, 0.25) is 22.7 Å². The number of benzene rings is 3. The maximum atomic E-state index is 13.8. The van der Waals surface area contributed by atoms with Gasteiger partial charge >= 0.3 is 6.18 Å². The molecule has 3 aromatic carbocycles. The zero-order valence-corrected chi connectivity index (χ0v) is 19.8. The van der Waals surface area contributed by atoms with Crippen LogP contribution in [0.3, 0.4) is 0 Å². The van der Waals surface area contributed by atoms with Gasteiger partial charge in [0.25, 0.3) is 0 Å². The molecule has 2 N–H and O–H groups in total. The highest BCUT2D eigenvalue weighted by Gasteiger charge is 2.51. The van der Waals surface area contributed by atoms with Crippen molar-refractivity contribution in [1.29, 1.82) is 0 Å². The van der Waals surface area contributed by atoms with Gasteiger partial charge in [0, 0.05) is 7.11 Å². The Labute approximate surface area is 206 Å². The summed E-state index contributed by atoms with van der Waals surface area (Å²) in [7, 11) is -2.50. The summed E-state index contributed by atoms with van der Waals surface area (Å²) in [6.45, 7) is 0.105. The maximum Gasteiger partial charge on any atom is 0.417 e. The van der Waals surface area contributed by atoms with Crippen LogP contribution in [-0.2, 0) is 26.4 Å². The van der Waals surface area contributed by atoms with Crippen molar-refractivity contribution in [3.63, 3.8) is 0 Å². The molecule has 0 aromatic heterocycles. The Hall–Kier alpha value is -3.57. The van der Waals surface area contributed by atoms with Gasteiger partial charge in [-0.3, -0.25) is 4.79 Å². The van der Waals surface area contributed by atoms with E-state index in [1.54, 1.807) is 18.2 Å². The average Bonchev–Trinajstić information content (AvgIpc) is 3.54. The monoisotopic (exact) mass is 520 g/mol. The van der Waals surface area contributed by atoms with E-state index in [4.69, 9.17) is 9.47 Å². The second-order valence-corrected chi connectivity index (χ2v) is 10.5. The quantitative estimate of drug-likeness (QED) is 0.481. The standard InChI is InChI=1S/C25H21F3N2O5S.H2/c1-29-36(32,33)18-6-2-15(3-7-18)19-13-17(5-8-20(19)25(26,27)28)30-23(31)24(10-11-24)16-4-9-21-22(12-16)35-14-34-21;/h2-9,12-13,29H,10-11,14H2,1H3,(H,30,31);1H. The molecule has 1 heterocycles. The molecule has 0 bridgehead atoms. The van der Waals surface area contributed by atoms with Crippen molar-refractivity contribution in [2.45, 2.75) is 29.3 Å². The van der Waals surface area contributed by atoms with E-state index >= 15 is 0 Å². The predicted octanol–water partition coefficient (Wildman–Crippen LogP) is 4.93. The van der Waals surface area contributed by atoms with E-state index in [9.17, 15) is 26.4 Å². The number of nitrogens with one attached hydrogen (secondary N) is 2. The predicted molar refractivity (Wildman–Crippen MR) is 127 cm³/mol. The van der Waals surface area contributed by atoms with Crippen LogP contribution in [0.5, 0.6) is 11.5 Å². The molecule has 11 heteroatoms. The first kappa shape index (κ1) is 24.1. The fraction of sp³-hybridized carbons (Fsp3) is 0.240. The van der Waals surface area contributed by atoms with Crippen LogP contribution in [-0.4, -0.2) is 28.2 Å². The summed E-state index contributed by atoms with van der Waals surface area (Å²) in [6, 6.07) is 13.7. The first-order valence-corrected chi connectivity index (χ1v) is 12.5. The molecule has 1 amide bonds. The number of rotatable bonds is 6. The molecule has 3 aromatic rings. The lowest BCUT2D eigenvalue weighted by molar-refractivity contribution is -0.137. The molecule has 1 aliphatic carbocycles. The number of hydrogen-bond donors (Lipinski definition) is 2. The smallest absolute Gasteiger partial charge is 0.417 e. The lowest BCUT2D eigenvalue weighted by atomic mass is 9.94. The minimum Gasteiger partial charge on any atom is -0.454 e. The van der Waals surface area contributed by atoms with Crippen molar-refractivity contribution in [1.82, 2.24) is 4.72 Å². The van der Waals surface area contributed by atoms with E-state index in [-0.39, 0.29) is 35.8 Å². The number of ether oxygens (including phenoxy) is 2. The zero-order valence-electron chi connectivity index (χ0n) is 19.0. The molecule has 2 aliphatic rings. The van der Waals surface area contributed by atoms with Crippen LogP contribution in [0.4, 0.5) is 18.9 Å². The van der Waals surface area contributed by atoms with E-state index < -0.39 is 27.2 Å². The van der Waals surface area contributed by atoms with Crippen LogP contribution in [0.25, 0.3) is 11.1 Å². The number of halogens is 3. The number of carbonyl (C=O) groups excluding carboxylic acids is 1. The van der Waals surface area contributed by atoms with Gasteiger partial charge in [-0.25, -0.2) is 13.1 Å². The average molecular weight is 521 g/mol. The van der Waals surface area contributed by atoms with E-state index in [0.717, 1.165) is 11.6 Å². The lowest BCUT2D eigenvalue weighted by Crippen LogP contribution is -2.27. The number of sulfonamides is 1. The van der Waals surface area contributed by atoms with Gasteiger partial charge < -0.3 is 14.8 Å². The minimum atomic E-state index is -4.65. The van der Waals surface area contributed by atoms with Crippen LogP contribution in [0.1, 0.15) is 25.4 Å². The SMILES string of the molecule is CNS(=O)(=O)c1ccc(-c2cc(NC(=O)C3(c4ccc5c(c4)OCO5)CC3)ccc2C(F)(F)F)cc1.[HH]. The summed E-state index contributed by atoms with van der Waals surface area (Å²) >= 11 is 0.